The van der Waals surface area contributed by atoms with Crippen LogP contribution in [0.4, 0.5) is 13.2 Å². The normalized spacial score (nSPS) is 11.7. The van der Waals surface area contributed by atoms with Gasteiger partial charge in [-0.3, -0.25) is 0 Å². The Morgan fingerprint density at radius 1 is 1.16 bits per heavy atom. The molecule has 0 fully saturated rings. The van der Waals surface area contributed by atoms with Gasteiger partial charge in [-0.1, -0.05) is 35.5 Å². The smallest absolute Gasteiger partial charge is 0.416 e. The van der Waals surface area contributed by atoms with Gasteiger partial charge < -0.3 is 9.30 Å². The summed E-state index contributed by atoms with van der Waals surface area (Å²) < 4.78 is 46.2. The fourth-order valence-corrected chi connectivity index (χ4v) is 4.90. The Morgan fingerprint density at radius 2 is 1.97 bits per heavy atom. The first-order chi connectivity index (χ1) is 15.3. The lowest BCUT2D eigenvalue weighted by Crippen LogP contribution is -2.04. The van der Waals surface area contributed by atoms with Gasteiger partial charge in [0, 0.05) is 28.8 Å². The predicted octanol–water partition coefficient (Wildman–Crippen LogP) is 6.58. The molecule has 0 atom stereocenters. The maximum atomic E-state index is 13.0. The van der Waals surface area contributed by atoms with Gasteiger partial charge in [0.2, 0.25) is 0 Å². The van der Waals surface area contributed by atoms with Crippen molar-refractivity contribution in [3.05, 3.63) is 64.1 Å². The molecule has 0 radical (unpaired) electrons. The number of benzene rings is 2. The van der Waals surface area contributed by atoms with Crippen molar-refractivity contribution in [2.24, 2.45) is 7.05 Å². The van der Waals surface area contributed by atoms with Gasteiger partial charge in [-0.05, 0) is 30.3 Å². The molecule has 2 aromatic carbocycles. The molecule has 0 aliphatic carbocycles. The molecule has 0 aliphatic rings. The minimum atomic E-state index is -4.39. The molecule has 4 aromatic rings. The number of hydrogen-bond acceptors (Lipinski definition) is 6. The number of nitrogens with zero attached hydrogens (tertiary/aromatic N) is 4. The lowest BCUT2D eigenvalue weighted by atomic mass is 10.1. The first kappa shape index (κ1) is 22.6. The van der Waals surface area contributed by atoms with Crippen molar-refractivity contribution >= 4 is 34.7 Å². The molecule has 0 saturated carbocycles. The summed E-state index contributed by atoms with van der Waals surface area (Å²) in [6.45, 7) is 0. The fraction of sp³-hybridized carbons (Fsp3) is 0.190. The van der Waals surface area contributed by atoms with E-state index in [1.54, 1.807) is 31.4 Å². The Bertz CT molecular complexity index is 1260. The molecule has 0 amide bonds. The molecule has 0 bridgehead atoms. The topological polar surface area (TPSA) is 52.8 Å². The van der Waals surface area contributed by atoms with E-state index in [1.165, 1.54) is 29.2 Å². The van der Waals surface area contributed by atoms with Crippen LogP contribution in [0, 0.1) is 0 Å². The molecule has 0 N–H and O–H groups in total. The highest BCUT2D eigenvalue weighted by molar-refractivity contribution is 7.98. The first-order valence-electron chi connectivity index (χ1n) is 9.24. The van der Waals surface area contributed by atoms with Crippen molar-refractivity contribution in [3.63, 3.8) is 0 Å². The van der Waals surface area contributed by atoms with E-state index in [-0.39, 0.29) is 0 Å². The van der Waals surface area contributed by atoms with Gasteiger partial charge >= 0.3 is 6.18 Å². The van der Waals surface area contributed by atoms with E-state index in [2.05, 4.69) is 15.2 Å². The lowest BCUT2D eigenvalue weighted by Gasteiger charge is -2.08. The second-order valence-electron chi connectivity index (χ2n) is 6.72. The first-order valence-corrected chi connectivity index (χ1v) is 11.5. The van der Waals surface area contributed by atoms with Crippen LogP contribution in [0.2, 0.25) is 5.02 Å². The van der Waals surface area contributed by atoms with Crippen molar-refractivity contribution in [1.82, 2.24) is 19.7 Å². The van der Waals surface area contributed by atoms with E-state index in [1.807, 2.05) is 17.0 Å². The molecule has 166 valence electrons. The summed E-state index contributed by atoms with van der Waals surface area (Å²) in [5, 5.41) is 12.1. The van der Waals surface area contributed by atoms with Gasteiger partial charge in [-0.15, -0.1) is 21.5 Å². The zero-order valence-electron chi connectivity index (χ0n) is 16.9. The number of aromatic nitrogens is 4. The van der Waals surface area contributed by atoms with Crippen LogP contribution in [0.3, 0.4) is 0 Å². The van der Waals surface area contributed by atoms with Crippen LogP contribution in [0.1, 0.15) is 11.3 Å². The quantitative estimate of drug-likeness (QED) is 0.282. The van der Waals surface area contributed by atoms with Gasteiger partial charge in [0.1, 0.15) is 10.8 Å². The molecule has 5 nitrogen and oxygen atoms in total. The number of rotatable bonds is 6. The summed E-state index contributed by atoms with van der Waals surface area (Å²) in [7, 11) is 3.41. The summed E-state index contributed by atoms with van der Waals surface area (Å²) in [5.74, 6) is 1.73. The third kappa shape index (κ3) is 4.77. The number of thioether (sulfide) groups is 1. The van der Waals surface area contributed by atoms with Crippen LogP contribution < -0.4 is 4.74 Å². The van der Waals surface area contributed by atoms with E-state index in [0.717, 1.165) is 23.4 Å². The van der Waals surface area contributed by atoms with Crippen LogP contribution in [-0.4, -0.2) is 26.9 Å². The van der Waals surface area contributed by atoms with Crippen LogP contribution in [0.25, 0.3) is 22.0 Å². The Kier molecular flexibility index (Phi) is 6.45. The summed E-state index contributed by atoms with van der Waals surface area (Å²) in [6, 6.07) is 10.4. The summed E-state index contributed by atoms with van der Waals surface area (Å²) in [6.07, 6.45) is -4.39. The molecule has 0 spiro atoms. The van der Waals surface area contributed by atoms with Crippen molar-refractivity contribution in [1.29, 1.82) is 0 Å². The number of methoxy groups -OCH3 is 1. The molecule has 0 aliphatic heterocycles. The van der Waals surface area contributed by atoms with Crippen molar-refractivity contribution < 1.29 is 17.9 Å². The lowest BCUT2D eigenvalue weighted by molar-refractivity contribution is -0.137. The summed E-state index contributed by atoms with van der Waals surface area (Å²) >= 11 is 8.86. The second kappa shape index (κ2) is 9.13. The van der Waals surface area contributed by atoms with Gasteiger partial charge in [0.05, 0.1) is 23.9 Å². The Labute approximate surface area is 195 Å². The average Bonchev–Trinajstić information content (AvgIpc) is 3.38. The van der Waals surface area contributed by atoms with Crippen LogP contribution >= 0.6 is 34.7 Å². The zero-order valence-corrected chi connectivity index (χ0v) is 19.2. The van der Waals surface area contributed by atoms with Gasteiger partial charge in [-0.2, -0.15) is 13.2 Å². The highest BCUT2D eigenvalue weighted by Crippen LogP contribution is 2.35. The van der Waals surface area contributed by atoms with Gasteiger partial charge in [0.15, 0.2) is 11.0 Å². The minimum absolute atomic E-state index is 0.440. The molecule has 2 aromatic heterocycles. The fourth-order valence-electron chi connectivity index (χ4n) is 3.00. The van der Waals surface area contributed by atoms with E-state index in [9.17, 15) is 13.2 Å². The predicted molar refractivity (Wildman–Crippen MR) is 120 cm³/mol. The van der Waals surface area contributed by atoms with E-state index >= 15 is 0 Å². The number of thiazole rings is 1. The van der Waals surface area contributed by atoms with Crippen LogP contribution in [0.15, 0.2) is 53.0 Å². The molecule has 4 rings (SSSR count). The standard InChI is InChI=1S/C21H16ClF3N4OS2/c1-29-18(16-9-14(22)6-7-17(16)30-2)27-28-20(29)32-11-15-10-31-19(26-15)12-4-3-5-13(8-12)21(23,24)25/h3-10H,11H2,1-2H3. The number of halogens is 4. The summed E-state index contributed by atoms with van der Waals surface area (Å²) in [5.41, 5.74) is 1.22. The van der Waals surface area contributed by atoms with Crippen molar-refractivity contribution in [2.45, 2.75) is 17.1 Å². The van der Waals surface area contributed by atoms with Gasteiger partial charge in [0.25, 0.3) is 0 Å². The third-order valence-corrected chi connectivity index (χ3v) is 6.80. The Hall–Kier alpha value is -2.56. The average molecular weight is 497 g/mol. The Morgan fingerprint density at radius 3 is 2.72 bits per heavy atom. The molecule has 11 heteroatoms. The van der Waals surface area contributed by atoms with Crippen molar-refractivity contribution in [3.8, 4) is 27.7 Å². The molecule has 32 heavy (non-hydrogen) atoms. The maximum Gasteiger partial charge on any atom is 0.416 e. The van der Waals surface area contributed by atoms with Gasteiger partial charge in [-0.25, -0.2) is 4.98 Å². The maximum absolute atomic E-state index is 13.0. The SMILES string of the molecule is COc1ccc(Cl)cc1-c1nnc(SCc2csc(-c3cccc(C(F)(F)F)c3)n2)n1C. The summed E-state index contributed by atoms with van der Waals surface area (Å²) in [4.78, 5) is 4.49. The third-order valence-electron chi connectivity index (χ3n) is 4.58. The minimum Gasteiger partial charge on any atom is -0.496 e. The number of ether oxygens (including phenoxy) is 1. The molecule has 0 unspecified atom stereocenters. The molecular weight excluding hydrogens is 481 g/mol. The Balaban J connectivity index is 1.51. The molecule has 0 saturated heterocycles. The van der Waals surface area contributed by atoms with E-state index in [4.69, 9.17) is 16.3 Å². The highest BCUT2D eigenvalue weighted by atomic mass is 35.5. The van der Waals surface area contributed by atoms with Crippen LogP contribution in [0.5, 0.6) is 5.75 Å². The largest absolute Gasteiger partial charge is 0.496 e. The number of hydrogen-bond donors (Lipinski definition) is 0. The molecular formula is C21H16ClF3N4OS2. The van der Waals surface area contributed by atoms with E-state index in [0.29, 0.717) is 38.1 Å². The van der Waals surface area contributed by atoms with Crippen LogP contribution in [-0.2, 0) is 19.0 Å². The highest BCUT2D eigenvalue weighted by Gasteiger charge is 2.30. The monoisotopic (exact) mass is 496 g/mol. The van der Waals surface area contributed by atoms with Crippen molar-refractivity contribution in [2.75, 3.05) is 7.11 Å². The van der Waals surface area contributed by atoms with E-state index < -0.39 is 11.7 Å². The zero-order chi connectivity index (χ0) is 22.9. The molecule has 2 heterocycles. The second-order valence-corrected chi connectivity index (χ2v) is 8.96. The number of alkyl halides is 3.